The quantitative estimate of drug-likeness (QED) is 0.891. The monoisotopic (exact) mass is 331 g/mol. The molecule has 1 N–H and O–H groups in total. The van der Waals surface area contributed by atoms with Crippen molar-refractivity contribution in [1.29, 1.82) is 0 Å². The van der Waals surface area contributed by atoms with Crippen molar-refractivity contribution in [2.75, 3.05) is 22.6 Å². The number of anilines is 1. The molecule has 1 aliphatic heterocycles. The van der Waals surface area contributed by atoms with Crippen LogP contribution in [0.1, 0.15) is 26.2 Å². The lowest BCUT2D eigenvalue weighted by molar-refractivity contribution is 0.559. The molecule has 1 saturated heterocycles. The molecule has 5 nitrogen and oxygen atoms in total. The van der Waals surface area contributed by atoms with Gasteiger partial charge in [-0.25, -0.2) is 16.8 Å². The van der Waals surface area contributed by atoms with Crippen molar-refractivity contribution < 1.29 is 16.8 Å². The number of hydrogen-bond acceptors (Lipinski definition) is 5. The molecule has 0 atom stereocenters. The van der Waals surface area contributed by atoms with E-state index in [1.165, 1.54) is 0 Å². The van der Waals surface area contributed by atoms with E-state index in [0.717, 1.165) is 5.69 Å². The first kappa shape index (κ1) is 16.3. The van der Waals surface area contributed by atoms with E-state index in [1.807, 2.05) is 6.92 Å². The molecule has 0 aliphatic carbocycles. The van der Waals surface area contributed by atoms with Crippen LogP contribution in [0.25, 0.3) is 0 Å². The summed E-state index contributed by atoms with van der Waals surface area (Å²) in [5.41, 5.74) is 0.828. The lowest BCUT2D eigenvalue weighted by Crippen LogP contribution is -2.32. The van der Waals surface area contributed by atoms with Gasteiger partial charge in [0, 0.05) is 11.7 Å². The van der Waals surface area contributed by atoms with E-state index in [-0.39, 0.29) is 23.3 Å². The van der Waals surface area contributed by atoms with Gasteiger partial charge in [0.05, 0.1) is 22.2 Å². The van der Waals surface area contributed by atoms with Gasteiger partial charge in [-0.05, 0) is 43.5 Å². The molecule has 1 aromatic carbocycles. The van der Waals surface area contributed by atoms with Crippen LogP contribution in [-0.4, -0.2) is 40.1 Å². The van der Waals surface area contributed by atoms with Crippen LogP contribution in [0.2, 0.25) is 0 Å². The van der Waals surface area contributed by atoms with Crippen molar-refractivity contribution in [3.63, 3.8) is 0 Å². The summed E-state index contributed by atoms with van der Waals surface area (Å²) in [7, 11) is -6.04. The minimum atomic E-state index is -3.18. The smallest absolute Gasteiger partial charge is 0.178 e. The fourth-order valence-electron chi connectivity index (χ4n) is 2.42. The predicted molar refractivity (Wildman–Crippen MR) is 84.1 cm³/mol. The molecule has 0 bridgehead atoms. The Morgan fingerprint density at radius 2 is 1.71 bits per heavy atom. The van der Waals surface area contributed by atoms with Gasteiger partial charge in [-0.3, -0.25) is 0 Å². The maximum absolute atomic E-state index is 11.9. The largest absolute Gasteiger partial charge is 0.382 e. The van der Waals surface area contributed by atoms with Crippen molar-refractivity contribution in [2.24, 2.45) is 0 Å². The zero-order valence-corrected chi connectivity index (χ0v) is 13.7. The van der Waals surface area contributed by atoms with E-state index in [2.05, 4.69) is 5.32 Å². The molecule has 0 amide bonds. The molecule has 1 aromatic rings. The molecular formula is C14H21NO4S2. The molecule has 118 valence electrons. The number of benzene rings is 1. The molecule has 0 spiro atoms. The minimum Gasteiger partial charge on any atom is -0.382 e. The summed E-state index contributed by atoms with van der Waals surface area (Å²) >= 11 is 0. The molecule has 0 saturated carbocycles. The molecule has 0 radical (unpaired) electrons. The highest BCUT2D eigenvalue weighted by molar-refractivity contribution is 7.91. The van der Waals surface area contributed by atoms with Crippen molar-refractivity contribution in [3.05, 3.63) is 24.3 Å². The van der Waals surface area contributed by atoms with Crippen LogP contribution < -0.4 is 5.32 Å². The molecule has 1 fully saturated rings. The predicted octanol–water partition coefficient (Wildman–Crippen LogP) is 1.86. The van der Waals surface area contributed by atoms with Gasteiger partial charge in [-0.15, -0.1) is 0 Å². The SMILES string of the molecule is CCCS(=O)(=O)c1ccc(NC2CCS(=O)(=O)CC2)cc1. The van der Waals surface area contributed by atoms with Gasteiger partial charge in [0.15, 0.2) is 9.84 Å². The maximum Gasteiger partial charge on any atom is 0.178 e. The third kappa shape index (κ3) is 4.44. The second-order valence-corrected chi connectivity index (χ2v) is 9.83. The average Bonchev–Trinajstić information content (AvgIpc) is 2.42. The average molecular weight is 331 g/mol. The van der Waals surface area contributed by atoms with Crippen molar-refractivity contribution in [1.82, 2.24) is 0 Å². The molecule has 2 rings (SSSR count). The van der Waals surface area contributed by atoms with Gasteiger partial charge >= 0.3 is 0 Å². The van der Waals surface area contributed by atoms with E-state index >= 15 is 0 Å². The van der Waals surface area contributed by atoms with Crippen LogP contribution in [-0.2, 0) is 19.7 Å². The lowest BCUT2D eigenvalue weighted by atomic mass is 10.1. The highest BCUT2D eigenvalue weighted by atomic mass is 32.2. The second-order valence-electron chi connectivity index (χ2n) is 5.41. The summed E-state index contributed by atoms with van der Waals surface area (Å²) in [6, 6.07) is 6.82. The molecule has 0 aromatic heterocycles. The summed E-state index contributed by atoms with van der Waals surface area (Å²) in [4.78, 5) is 0.334. The zero-order chi connectivity index (χ0) is 15.5. The Bertz CT molecular complexity index is 664. The number of hydrogen-bond donors (Lipinski definition) is 1. The normalized spacial score (nSPS) is 19.3. The van der Waals surface area contributed by atoms with E-state index in [9.17, 15) is 16.8 Å². The standard InChI is InChI=1S/C14H21NO4S2/c1-2-9-21(18,19)14-5-3-12(4-6-14)15-13-7-10-20(16,17)11-8-13/h3-6,13,15H,2,7-11H2,1H3. The molecular weight excluding hydrogens is 310 g/mol. The first-order chi connectivity index (χ1) is 9.82. The highest BCUT2D eigenvalue weighted by Gasteiger charge is 2.23. The second kappa shape index (κ2) is 6.36. The Kier molecular flexibility index (Phi) is 4.93. The summed E-state index contributed by atoms with van der Waals surface area (Å²) < 4.78 is 46.6. The summed E-state index contributed by atoms with van der Waals surface area (Å²) in [5, 5.41) is 3.27. The number of rotatable bonds is 5. The summed E-state index contributed by atoms with van der Waals surface area (Å²) in [6.07, 6.45) is 1.79. The van der Waals surface area contributed by atoms with Gasteiger partial charge < -0.3 is 5.32 Å². The highest BCUT2D eigenvalue weighted by Crippen LogP contribution is 2.20. The Balaban J connectivity index is 2.00. The van der Waals surface area contributed by atoms with E-state index in [0.29, 0.717) is 24.2 Å². The first-order valence-corrected chi connectivity index (χ1v) is 10.6. The van der Waals surface area contributed by atoms with Gasteiger partial charge in [0.25, 0.3) is 0 Å². The Morgan fingerprint density at radius 1 is 1.14 bits per heavy atom. The van der Waals surface area contributed by atoms with Crippen LogP contribution in [0.4, 0.5) is 5.69 Å². The summed E-state index contributed by atoms with van der Waals surface area (Å²) in [6.45, 7) is 1.84. The van der Waals surface area contributed by atoms with Crippen molar-refractivity contribution in [2.45, 2.75) is 37.1 Å². The van der Waals surface area contributed by atoms with Crippen LogP contribution in [0.5, 0.6) is 0 Å². The third-order valence-corrected chi connectivity index (χ3v) is 7.26. The van der Waals surface area contributed by atoms with E-state index in [4.69, 9.17) is 0 Å². The van der Waals surface area contributed by atoms with E-state index < -0.39 is 19.7 Å². The summed E-state index contributed by atoms with van der Waals surface area (Å²) in [5.74, 6) is 0.585. The lowest BCUT2D eigenvalue weighted by Gasteiger charge is -2.24. The Hall–Kier alpha value is -1.08. The first-order valence-electron chi connectivity index (χ1n) is 7.12. The fraction of sp³-hybridized carbons (Fsp3) is 0.571. The minimum absolute atomic E-state index is 0.131. The molecule has 21 heavy (non-hydrogen) atoms. The van der Waals surface area contributed by atoms with Crippen LogP contribution in [0.15, 0.2) is 29.2 Å². The van der Waals surface area contributed by atoms with Crippen LogP contribution in [0, 0.1) is 0 Å². The van der Waals surface area contributed by atoms with Gasteiger partial charge in [0.2, 0.25) is 0 Å². The topological polar surface area (TPSA) is 80.3 Å². The fourth-order valence-corrected chi connectivity index (χ4v) is 5.23. The van der Waals surface area contributed by atoms with E-state index in [1.54, 1.807) is 24.3 Å². The van der Waals surface area contributed by atoms with Crippen molar-refractivity contribution >= 4 is 25.4 Å². The van der Waals surface area contributed by atoms with Crippen molar-refractivity contribution in [3.8, 4) is 0 Å². The van der Waals surface area contributed by atoms with Gasteiger partial charge in [0.1, 0.15) is 9.84 Å². The molecule has 1 heterocycles. The number of nitrogens with one attached hydrogen (secondary N) is 1. The Morgan fingerprint density at radius 3 is 2.24 bits per heavy atom. The van der Waals surface area contributed by atoms with Crippen LogP contribution >= 0.6 is 0 Å². The maximum atomic E-state index is 11.9. The Labute approximate surface area is 126 Å². The van der Waals surface area contributed by atoms with Gasteiger partial charge in [-0.2, -0.15) is 0 Å². The molecule has 1 aliphatic rings. The van der Waals surface area contributed by atoms with Gasteiger partial charge in [-0.1, -0.05) is 6.92 Å². The molecule has 7 heteroatoms. The number of sulfone groups is 2. The zero-order valence-electron chi connectivity index (χ0n) is 12.1. The molecule has 0 unspecified atom stereocenters. The third-order valence-electron chi connectivity index (χ3n) is 3.61. The van der Waals surface area contributed by atoms with Crippen LogP contribution in [0.3, 0.4) is 0 Å².